The smallest absolute Gasteiger partial charge is 0.195 e. The molecule has 0 saturated heterocycles. The van der Waals surface area contributed by atoms with Crippen LogP contribution in [0.5, 0.6) is 0 Å². The molecule has 0 bridgehead atoms. The minimum absolute atomic E-state index is 0.183. The number of hydrogen-bond donors (Lipinski definition) is 0. The van der Waals surface area contributed by atoms with E-state index in [-0.39, 0.29) is 6.42 Å². The second-order valence-electron chi connectivity index (χ2n) is 2.25. The molecule has 12 heavy (non-hydrogen) atoms. The van der Waals surface area contributed by atoms with Crippen molar-refractivity contribution in [3.05, 3.63) is 21.3 Å². The lowest BCUT2D eigenvalue weighted by Crippen LogP contribution is -2.00. The van der Waals surface area contributed by atoms with Crippen LogP contribution in [0, 0.1) is 0 Å². The highest BCUT2D eigenvalue weighted by Crippen LogP contribution is 2.20. The van der Waals surface area contributed by atoms with Crippen LogP contribution in [0.15, 0.2) is 11.4 Å². The number of hydrogen-bond acceptors (Lipinski definition) is 3. The van der Waals surface area contributed by atoms with E-state index in [0.717, 1.165) is 5.56 Å². The van der Waals surface area contributed by atoms with Crippen LogP contribution in [-0.4, -0.2) is 14.2 Å². The van der Waals surface area contributed by atoms with Crippen molar-refractivity contribution in [2.75, 3.05) is 5.75 Å². The predicted octanol–water partition coefficient (Wildman–Crippen LogP) is 2.24. The summed E-state index contributed by atoms with van der Waals surface area (Å²) >= 11 is 6.89. The van der Waals surface area contributed by atoms with Crippen molar-refractivity contribution in [2.24, 2.45) is 0 Å². The Bertz CT molecular complexity index is 357. The molecule has 0 amide bonds. The molecule has 0 spiro atoms. The van der Waals surface area contributed by atoms with Crippen LogP contribution in [-0.2, 0) is 16.6 Å². The largest absolute Gasteiger partial charge is 0.302 e. The fourth-order valence-corrected chi connectivity index (χ4v) is 2.14. The molecular formula is C6H6ClFO2S2. The van der Waals surface area contributed by atoms with Crippen molar-refractivity contribution in [3.8, 4) is 0 Å². The second-order valence-corrected chi connectivity index (χ2v) is 5.28. The second kappa shape index (κ2) is 3.72. The predicted molar refractivity (Wildman–Crippen MR) is 47.9 cm³/mol. The molecule has 2 nitrogen and oxygen atoms in total. The van der Waals surface area contributed by atoms with Crippen molar-refractivity contribution < 1.29 is 12.3 Å². The number of halogens is 2. The number of rotatable bonds is 3. The Morgan fingerprint density at radius 3 is 2.67 bits per heavy atom. The first-order chi connectivity index (χ1) is 5.47. The third kappa shape index (κ3) is 3.51. The summed E-state index contributed by atoms with van der Waals surface area (Å²) in [6.45, 7) is 0. The van der Waals surface area contributed by atoms with E-state index in [1.807, 2.05) is 0 Å². The third-order valence-corrected chi connectivity index (χ3v) is 3.09. The van der Waals surface area contributed by atoms with Gasteiger partial charge in [0, 0.05) is 0 Å². The van der Waals surface area contributed by atoms with Gasteiger partial charge in [0.1, 0.15) is 0 Å². The van der Waals surface area contributed by atoms with Crippen LogP contribution < -0.4 is 0 Å². The van der Waals surface area contributed by atoms with E-state index >= 15 is 0 Å². The van der Waals surface area contributed by atoms with Gasteiger partial charge in [0.15, 0.2) is 0 Å². The summed E-state index contributed by atoms with van der Waals surface area (Å²) in [5.74, 6) is -0.472. The van der Waals surface area contributed by atoms with E-state index in [0.29, 0.717) is 4.34 Å². The minimum atomic E-state index is -4.35. The molecule has 68 valence electrons. The maximum atomic E-state index is 12.0. The molecule has 0 N–H and O–H groups in total. The summed E-state index contributed by atoms with van der Waals surface area (Å²) in [4.78, 5) is 0. The van der Waals surface area contributed by atoms with E-state index < -0.39 is 16.0 Å². The van der Waals surface area contributed by atoms with Crippen LogP contribution >= 0.6 is 22.9 Å². The lowest BCUT2D eigenvalue weighted by Gasteiger charge is -1.91. The van der Waals surface area contributed by atoms with Crippen LogP contribution in [0.4, 0.5) is 3.89 Å². The van der Waals surface area contributed by atoms with E-state index in [1.165, 1.54) is 11.3 Å². The van der Waals surface area contributed by atoms with Gasteiger partial charge in [-0.05, 0) is 23.4 Å². The van der Waals surface area contributed by atoms with Crippen LogP contribution in [0.3, 0.4) is 0 Å². The van der Waals surface area contributed by atoms with Gasteiger partial charge in [-0.2, -0.15) is 8.42 Å². The Morgan fingerprint density at radius 2 is 2.25 bits per heavy atom. The zero-order chi connectivity index (χ0) is 9.19. The topological polar surface area (TPSA) is 34.1 Å². The molecule has 0 aromatic carbocycles. The standard InChI is InChI=1S/C6H6ClFO2S2/c7-6-3-5(4-11-6)1-2-12(8,9)10/h3-4H,1-2H2. The van der Waals surface area contributed by atoms with Gasteiger partial charge in [0.05, 0.1) is 10.1 Å². The molecule has 1 rings (SSSR count). The molecule has 0 aliphatic rings. The lowest BCUT2D eigenvalue weighted by atomic mass is 10.3. The van der Waals surface area contributed by atoms with Crippen molar-refractivity contribution in [2.45, 2.75) is 6.42 Å². The Labute approximate surface area is 79.2 Å². The monoisotopic (exact) mass is 228 g/mol. The average molecular weight is 229 g/mol. The molecule has 0 unspecified atom stereocenters. The van der Waals surface area contributed by atoms with E-state index in [4.69, 9.17) is 11.6 Å². The van der Waals surface area contributed by atoms with E-state index in [1.54, 1.807) is 11.4 Å². The van der Waals surface area contributed by atoms with Crippen molar-refractivity contribution in [1.29, 1.82) is 0 Å². The molecule has 1 aromatic rings. The highest BCUT2D eigenvalue weighted by Gasteiger charge is 2.07. The van der Waals surface area contributed by atoms with Gasteiger partial charge in [-0.3, -0.25) is 0 Å². The normalized spacial score (nSPS) is 11.8. The summed E-state index contributed by atoms with van der Waals surface area (Å²) < 4.78 is 32.8. The Kier molecular flexibility index (Phi) is 3.09. The quantitative estimate of drug-likeness (QED) is 0.744. The molecule has 0 aliphatic heterocycles. The molecular weight excluding hydrogens is 223 g/mol. The molecule has 6 heteroatoms. The van der Waals surface area contributed by atoms with Gasteiger partial charge in [-0.25, -0.2) is 0 Å². The Hall–Kier alpha value is -0.130. The number of thiophene rings is 1. The van der Waals surface area contributed by atoms with Gasteiger partial charge in [-0.15, -0.1) is 15.2 Å². The maximum absolute atomic E-state index is 12.0. The fraction of sp³-hybridized carbons (Fsp3) is 0.333. The van der Waals surface area contributed by atoms with Gasteiger partial charge in [0.2, 0.25) is 0 Å². The SMILES string of the molecule is O=S(=O)(F)CCc1csc(Cl)c1. The molecule has 0 aliphatic carbocycles. The molecule has 1 aromatic heterocycles. The van der Waals surface area contributed by atoms with Gasteiger partial charge in [0.25, 0.3) is 0 Å². The Morgan fingerprint density at radius 1 is 1.58 bits per heavy atom. The maximum Gasteiger partial charge on any atom is 0.302 e. The van der Waals surface area contributed by atoms with Crippen LogP contribution in [0.2, 0.25) is 4.34 Å². The van der Waals surface area contributed by atoms with Crippen molar-refractivity contribution in [3.63, 3.8) is 0 Å². The van der Waals surface area contributed by atoms with Crippen molar-refractivity contribution in [1.82, 2.24) is 0 Å². The van der Waals surface area contributed by atoms with Gasteiger partial charge >= 0.3 is 10.2 Å². The van der Waals surface area contributed by atoms with E-state index in [9.17, 15) is 12.3 Å². The average Bonchev–Trinajstić information content (AvgIpc) is 2.30. The lowest BCUT2D eigenvalue weighted by molar-refractivity contribution is 0.551. The first-order valence-electron chi connectivity index (χ1n) is 3.12. The van der Waals surface area contributed by atoms with Gasteiger partial charge in [-0.1, -0.05) is 11.6 Å². The molecule has 1 heterocycles. The summed E-state index contributed by atoms with van der Waals surface area (Å²) in [5.41, 5.74) is 0.756. The van der Waals surface area contributed by atoms with Gasteiger partial charge < -0.3 is 0 Å². The summed E-state index contributed by atoms with van der Waals surface area (Å²) in [6.07, 6.45) is 0.183. The first-order valence-corrected chi connectivity index (χ1v) is 5.93. The highest BCUT2D eigenvalue weighted by atomic mass is 35.5. The van der Waals surface area contributed by atoms with Crippen LogP contribution in [0.25, 0.3) is 0 Å². The minimum Gasteiger partial charge on any atom is -0.195 e. The zero-order valence-corrected chi connectivity index (χ0v) is 8.35. The summed E-state index contributed by atoms with van der Waals surface area (Å²) in [7, 11) is -4.35. The van der Waals surface area contributed by atoms with Crippen molar-refractivity contribution >= 4 is 33.2 Å². The highest BCUT2D eigenvalue weighted by molar-refractivity contribution is 7.86. The third-order valence-electron chi connectivity index (χ3n) is 1.26. The number of aryl methyl sites for hydroxylation is 1. The molecule has 0 atom stereocenters. The fourth-order valence-electron chi connectivity index (χ4n) is 0.717. The summed E-state index contributed by atoms with van der Waals surface area (Å²) in [6, 6.07) is 1.64. The molecule has 0 fully saturated rings. The zero-order valence-electron chi connectivity index (χ0n) is 5.96. The van der Waals surface area contributed by atoms with Crippen LogP contribution in [0.1, 0.15) is 5.56 Å². The Balaban J connectivity index is 2.55. The summed E-state index contributed by atoms with van der Waals surface area (Å²) in [5, 5.41) is 1.72. The molecule has 0 saturated carbocycles. The first kappa shape index (κ1) is 9.95. The molecule has 0 radical (unpaired) electrons. The van der Waals surface area contributed by atoms with E-state index in [2.05, 4.69) is 0 Å².